The summed E-state index contributed by atoms with van der Waals surface area (Å²) in [5, 5.41) is 6.03. The van der Waals surface area contributed by atoms with E-state index in [0.717, 1.165) is 6.42 Å². The van der Waals surface area contributed by atoms with E-state index in [-0.39, 0.29) is 23.5 Å². The van der Waals surface area contributed by atoms with Crippen molar-refractivity contribution in [3.8, 4) is 0 Å². The summed E-state index contributed by atoms with van der Waals surface area (Å²) in [6, 6.07) is 3.68. The van der Waals surface area contributed by atoms with Gasteiger partial charge in [-0.3, -0.25) is 4.79 Å². The molecule has 2 unspecified atom stereocenters. The first kappa shape index (κ1) is 14.8. The van der Waals surface area contributed by atoms with Crippen LogP contribution in [-0.2, 0) is 4.74 Å². The molecule has 0 aromatic carbocycles. The molecule has 0 saturated heterocycles. The van der Waals surface area contributed by atoms with E-state index in [9.17, 15) is 4.79 Å². The third-order valence-corrected chi connectivity index (χ3v) is 4.14. The van der Waals surface area contributed by atoms with Gasteiger partial charge in [0.15, 0.2) is 0 Å². The first-order valence-corrected chi connectivity index (χ1v) is 7.06. The lowest BCUT2D eigenvalue weighted by Crippen LogP contribution is -2.62. The number of amides is 1. The zero-order valence-electron chi connectivity index (χ0n) is 12.6. The minimum atomic E-state index is -0.0875. The van der Waals surface area contributed by atoms with Crippen molar-refractivity contribution in [3.63, 3.8) is 0 Å². The minimum absolute atomic E-state index is 0.0340. The number of carbonyl (C=O) groups is 1. The van der Waals surface area contributed by atoms with E-state index in [4.69, 9.17) is 4.74 Å². The molecule has 5 nitrogen and oxygen atoms in total. The van der Waals surface area contributed by atoms with Crippen LogP contribution in [0.4, 0.5) is 5.82 Å². The first-order valence-electron chi connectivity index (χ1n) is 7.06. The fourth-order valence-electron chi connectivity index (χ4n) is 2.64. The smallest absolute Gasteiger partial charge is 0.255 e. The number of carbonyl (C=O) groups excluding carboxylic acids is 1. The molecular formula is C15H23N3O2. The van der Waals surface area contributed by atoms with Crippen LogP contribution in [0.25, 0.3) is 0 Å². The Bertz CT molecular complexity index is 488. The van der Waals surface area contributed by atoms with Crippen LogP contribution >= 0.6 is 0 Å². The molecule has 2 N–H and O–H groups in total. The van der Waals surface area contributed by atoms with E-state index in [2.05, 4.69) is 29.5 Å². The fraction of sp³-hybridized carbons (Fsp3) is 0.600. The van der Waals surface area contributed by atoms with Gasteiger partial charge in [-0.15, -0.1) is 0 Å². The van der Waals surface area contributed by atoms with Crippen LogP contribution in [0, 0.1) is 5.41 Å². The highest BCUT2D eigenvalue weighted by atomic mass is 16.5. The van der Waals surface area contributed by atoms with E-state index in [1.54, 1.807) is 25.4 Å². The molecule has 0 spiro atoms. The molecule has 0 aliphatic heterocycles. The number of nitrogens with one attached hydrogen (secondary N) is 2. The highest BCUT2D eigenvalue weighted by molar-refractivity contribution is 5.98. The van der Waals surface area contributed by atoms with Gasteiger partial charge >= 0.3 is 0 Å². The highest BCUT2D eigenvalue weighted by Gasteiger charge is 2.49. The molecule has 1 aliphatic carbocycles. The van der Waals surface area contributed by atoms with Crippen molar-refractivity contribution in [2.75, 3.05) is 19.0 Å². The lowest BCUT2D eigenvalue weighted by molar-refractivity contribution is -0.111. The van der Waals surface area contributed by atoms with E-state index in [0.29, 0.717) is 18.0 Å². The zero-order chi connectivity index (χ0) is 14.8. The molecule has 1 fully saturated rings. The molecular weight excluding hydrogens is 254 g/mol. The second-order valence-electron chi connectivity index (χ2n) is 5.68. The molecule has 1 amide bonds. The summed E-state index contributed by atoms with van der Waals surface area (Å²) in [7, 11) is 1.76. The van der Waals surface area contributed by atoms with E-state index >= 15 is 0 Å². The molecule has 0 bridgehead atoms. The van der Waals surface area contributed by atoms with Crippen LogP contribution in [0.2, 0.25) is 0 Å². The van der Waals surface area contributed by atoms with Crippen molar-refractivity contribution in [2.45, 2.75) is 39.3 Å². The zero-order valence-corrected chi connectivity index (χ0v) is 12.6. The maximum atomic E-state index is 12.3. The van der Waals surface area contributed by atoms with Crippen LogP contribution in [0.1, 0.15) is 37.6 Å². The maximum Gasteiger partial charge on any atom is 0.255 e. The minimum Gasteiger partial charge on any atom is -0.378 e. The van der Waals surface area contributed by atoms with Gasteiger partial charge in [-0.2, -0.15) is 0 Å². The Kier molecular flexibility index (Phi) is 4.28. The molecule has 1 aliphatic rings. The molecule has 20 heavy (non-hydrogen) atoms. The van der Waals surface area contributed by atoms with Gasteiger partial charge in [-0.05, 0) is 25.5 Å². The second kappa shape index (κ2) is 5.79. The average Bonchev–Trinajstić information content (AvgIpc) is 2.46. The maximum absolute atomic E-state index is 12.3. The second-order valence-corrected chi connectivity index (χ2v) is 5.68. The Balaban J connectivity index is 2.03. The summed E-state index contributed by atoms with van der Waals surface area (Å²) in [4.78, 5) is 16.5. The Hall–Kier alpha value is -1.62. The molecule has 2 rings (SSSR count). The molecule has 1 aromatic rings. The molecule has 110 valence electrons. The van der Waals surface area contributed by atoms with Crippen LogP contribution < -0.4 is 10.6 Å². The van der Waals surface area contributed by atoms with E-state index in [1.807, 2.05) is 6.92 Å². The summed E-state index contributed by atoms with van der Waals surface area (Å²) >= 11 is 0. The number of hydrogen-bond acceptors (Lipinski definition) is 4. The molecule has 0 radical (unpaired) electrons. The van der Waals surface area contributed by atoms with Crippen molar-refractivity contribution in [1.82, 2.24) is 10.3 Å². The lowest BCUT2D eigenvalue weighted by atomic mass is 9.64. The third-order valence-electron chi connectivity index (χ3n) is 4.14. The SMILES string of the molecule is CCOC1CC(NC(=O)c2cccnc2NC)C1(C)C. The summed E-state index contributed by atoms with van der Waals surface area (Å²) in [6.07, 6.45) is 2.75. The van der Waals surface area contributed by atoms with E-state index < -0.39 is 0 Å². The number of ether oxygens (including phenoxy) is 1. The summed E-state index contributed by atoms with van der Waals surface area (Å²) in [5.41, 5.74) is 0.541. The summed E-state index contributed by atoms with van der Waals surface area (Å²) < 4.78 is 5.68. The van der Waals surface area contributed by atoms with Gasteiger partial charge in [0.25, 0.3) is 5.91 Å². The quantitative estimate of drug-likeness (QED) is 0.864. The number of rotatable bonds is 5. The van der Waals surface area contributed by atoms with Gasteiger partial charge in [0, 0.05) is 31.3 Å². The van der Waals surface area contributed by atoms with Crippen molar-refractivity contribution in [1.29, 1.82) is 0 Å². The van der Waals surface area contributed by atoms with E-state index in [1.165, 1.54) is 0 Å². The van der Waals surface area contributed by atoms with Gasteiger partial charge in [-0.1, -0.05) is 13.8 Å². The topological polar surface area (TPSA) is 63.2 Å². The van der Waals surface area contributed by atoms with Crippen molar-refractivity contribution in [3.05, 3.63) is 23.9 Å². The predicted octanol–water partition coefficient (Wildman–Crippen LogP) is 2.06. The number of pyridine rings is 1. The van der Waals surface area contributed by atoms with Gasteiger partial charge in [0.05, 0.1) is 11.7 Å². The normalized spacial score (nSPS) is 23.8. The molecule has 5 heteroatoms. The average molecular weight is 277 g/mol. The van der Waals surface area contributed by atoms with Crippen LogP contribution in [0.15, 0.2) is 18.3 Å². The number of anilines is 1. The largest absolute Gasteiger partial charge is 0.378 e. The fourth-order valence-corrected chi connectivity index (χ4v) is 2.64. The van der Waals surface area contributed by atoms with Crippen molar-refractivity contribution < 1.29 is 9.53 Å². The first-order chi connectivity index (χ1) is 9.50. The Morgan fingerprint density at radius 1 is 1.55 bits per heavy atom. The van der Waals surface area contributed by atoms with Crippen molar-refractivity contribution >= 4 is 11.7 Å². The molecule has 1 aromatic heterocycles. The Morgan fingerprint density at radius 2 is 2.30 bits per heavy atom. The van der Waals surface area contributed by atoms with Crippen molar-refractivity contribution in [2.24, 2.45) is 5.41 Å². The molecule has 2 atom stereocenters. The van der Waals surface area contributed by atoms with Gasteiger partial charge in [0.2, 0.25) is 0 Å². The predicted molar refractivity (Wildman–Crippen MR) is 78.8 cm³/mol. The van der Waals surface area contributed by atoms with Gasteiger partial charge < -0.3 is 15.4 Å². The summed E-state index contributed by atoms with van der Waals surface area (Å²) in [5.74, 6) is 0.513. The Labute approximate surface area is 120 Å². The third kappa shape index (κ3) is 2.63. The number of aromatic nitrogens is 1. The number of hydrogen-bond donors (Lipinski definition) is 2. The van der Waals surface area contributed by atoms with Crippen LogP contribution in [0.3, 0.4) is 0 Å². The van der Waals surface area contributed by atoms with Gasteiger partial charge in [0.1, 0.15) is 5.82 Å². The highest BCUT2D eigenvalue weighted by Crippen LogP contribution is 2.42. The summed E-state index contributed by atoms with van der Waals surface area (Å²) in [6.45, 7) is 6.96. The van der Waals surface area contributed by atoms with Crippen LogP contribution in [-0.4, -0.2) is 36.7 Å². The van der Waals surface area contributed by atoms with Gasteiger partial charge in [-0.25, -0.2) is 4.98 Å². The number of nitrogens with zero attached hydrogens (tertiary/aromatic N) is 1. The standard InChI is InChI=1S/C15H23N3O2/c1-5-20-12-9-11(15(12,2)3)18-14(19)10-7-6-8-17-13(10)16-4/h6-8,11-12H,5,9H2,1-4H3,(H,16,17)(H,18,19). The molecule has 1 heterocycles. The molecule has 1 saturated carbocycles. The Morgan fingerprint density at radius 3 is 2.90 bits per heavy atom. The van der Waals surface area contributed by atoms with Crippen LogP contribution in [0.5, 0.6) is 0 Å². The lowest BCUT2D eigenvalue weighted by Gasteiger charge is -2.51. The monoisotopic (exact) mass is 277 g/mol.